The highest BCUT2D eigenvalue weighted by molar-refractivity contribution is 7.99. The van der Waals surface area contributed by atoms with E-state index in [1.807, 2.05) is 16.7 Å². The molecular weight excluding hydrogens is 484 g/mol. The number of ether oxygens (including phenoxy) is 1. The van der Waals surface area contributed by atoms with E-state index >= 15 is 0 Å². The third-order valence-electron chi connectivity index (χ3n) is 5.04. The van der Waals surface area contributed by atoms with Gasteiger partial charge in [0.25, 0.3) is 0 Å². The van der Waals surface area contributed by atoms with Crippen molar-refractivity contribution in [1.82, 2.24) is 19.7 Å². The van der Waals surface area contributed by atoms with Gasteiger partial charge >= 0.3 is 5.97 Å². The lowest BCUT2D eigenvalue weighted by molar-refractivity contribution is -0.142. The Labute approximate surface area is 213 Å². The van der Waals surface area contributed by atoms with E-state index in [1.54, 1.807) is 18.4 Å². The molecule has 0 aliphatic heterocycles. The highest BCUT2D eigenvalue weighted by Gasteiger charge is 2.16. The van der Waals surface area contributed by atoms with Crippen LogP contribution in [0, 0.1) is 0 Å². The van der Waals surface area contributed by atoms with Crippen LogP contribution < -0.4 is 10.2 Å². The lowest BCUT2D eigenvalue weighted by atomic mass is 10.2. The van der Waals surface area contributed by atoms with Crippen LogP contribution >= 0.6 is 23.1 Å². The molecule has 0 atom stereocenters. The lowest BCUT2D eigenvalue weighted by Gasteiger charge is -2.21. The molecule has 1 N–H and O–H groups in total. The molecule has 0 bridgehead atoms. The van der Waals surface area contributed by atoms with Gasteiger partial charge in [0.05, 0.1) is 24.5 Å². The summed E-state index contributed by atoms with van der Waals surface area (Å²) in [5.74, 6) is 0.308. The molecule has 11 heteroatoms. The fourth-order valence-corrected chi connectivity index (χ4v) is 4.88. The molecule has 1 aromatic carbocycles. The highest BCUT2D eigenvalue weighted by atomic mass is 32.2. The van der Waals surface area contributed by atoms with E-state index < -0.39 is 0 Å². The van der Waals surface area contributed by atoms with Crippen molar-refractivity contribution < 1.29 is 14.3 Å². The van der Waals surface area contributed by atoms with Gasteiger partial charge in [0.15, 0.2) is 16.1 Å². The zero-order valence-corrected chi connectivity index (χ0v) is 21.8. The molecule has 0 radical (unpaired) electrons. The minimum absolute atomic E-state index is 0.0816. The van der Waals surface area contributed by atoms with E-state index in [-0.39, 0.29) is 24.1 Å². The zero-order chi connectivity index (χ0) is 25.2. The topological polar surface area (TPSA) is 102 Å². The summed E-state index contributed by atoms with van der Waals surface area (Å²) in [6.07, 6.45) is 1.86. The van der Waals surface area contributed by atoms with E-state index in [0.717, 1.165) is 30.2 Å². The molecule has 3 aromatic rings. The average Bonchev–Trinajstić information content (AvgIpc) is 3.46. The van der Waals surface area contributed by atoms with Crippen LogP contribution in [0.2, 0.25) is 0 Å². The Bertz CT molecular complexity index is 1140. The monoisotopic (exact) mass is 514 g/mol. The largest absolute Gasteiger partial charge is 0.466 e. The van der Waals surface area contributed by atoms with Crippen LogP contribution in [-0.4, -0.2) is 57.1 Å². The summed E-state index contributed by atoms with van der Waals surface area (Å²) < 4.78 is 6.87. The van der Waals surface area contributed by atoms with Crippen molar-refractivity contribution in [1.29, 1.82) is 0 Å². The Morgan fingerprint density at radius 2 is 1.94 bits per heavy atom. The molecule has 1 amide bonds. The summed E-state index contributed by atoms with van der Waals surface area (Å²) in [5.41, 5.74) is 2.68. The number of carbonyl (C=O) groups is 2. The average molecular weight is 515 g/mol. The number of carbonyl (C=O) groups excluding carboxylic acids is 2. The predicted octanol–water partition coefficient (Wildman–Crippen LogP) is 4.27. The van der Waals surface area contributed by atoms with Crippen LogP contribution in [0.15, 0.2) is 47.5 Å². The van der Waals surface area contributed by atoms with Crippen molar-refractivity contribution in [2.24, 2.45) is 0 Å². The van der Waals surface area contributed by atoms with Gasteiger partial charge in [0.1, 0.15) is 0 Å². The summed E-state index contributed by atoms with van der Waals surface area (Å²) in [6, 6.07) is 8.24. The Hall–Kier alpha value is -3.18. The van der Waals surface area contributed by atoms with Crippen LogP contribution in [0.5, 0.6) is 0 Å². The number of thiazole rings is 1. The Balaban J connectivity index is 1.64. The minimum atomic E-state index is -0.341. The molecule has 0 unspecified atom stereocenters. The number of aromatic nitrogens is 4. The molecule has 3 rings (SSSR count). The molecule has 186 valence electrons. The van der Waals surface area contributed by atoms with Crippen LogP contribution in [0.1, 0.15) is 26.5 Å². The molecule has 0 fully saturated rings. The van der Waals surface area contributed by atoms with Gasteiger partial charge in [-0.2, -0.15) is 0 Å². The molecular formula is C24H30N6O3S2. The number of anilines is 2. The van der Waals surface area contributed by atoms with Crippen molar-refractivity contribution in [3.8, 4) is 11.4 Å². The van der Waals surface area contributed by atoms with Gasteiger partial charge in [-0.1, -0.05) is 17.8 Å². The van der Waals surface area contributed by atoms with Gasteiger partial charge in [-0.25, -0.2) is 4.98 Å². The SMILES string of the molecule is C=CCn1c(SCC(=O)Nc2nc(CC(=O)OCC)cs2)nnc1-c1ccc(N(CC)CC)cc1. The van der Waals surface area contributed by atoms with Crippen LogP contribution in [-0.2, 0) is 27.3 Å². The first-order valence-corrected chi connectivity index (χ1v) is 13.3. The first kappa shape index (κ1) is 26.4. The van der Waals surface area contributed by atoms with Crippen molar-refractivity contribution in [2.75, 3.05) is 35.7 Å². The zero-order valence-electron chi connectivity index (χ0n) is 20.2. The third kappa shape index (κ3) is 7.15. The second kappa shape index (κ2) is 13.1. The number of hydrogen-bond donors (Lipinski definition) is 1. The van der Waals surface area contributed by atoms with E-state index in [4.69, 9.17) is 4.74 Å². The summed E-state index contributed by atoms with van der Waals surface area (Å²) in [6.45, 7) is 12.6. The minimum Gasteiger partial charge on any atom is -0.466 e. The molecule has 2 aromatic heterocycles. The smallest absolute Gasteiger partial charge is 0.311 e. The standard InChI is InChI=1S/C24H30N6O3S2/c1-5-13-30-22(17-9-11-19(12-10-17)29(6-2)7-3)27-28-24(30)35-16-20(31)26-23-25-18(15-34-23)14-21(32)33-8-4/h5,9-12,15H,1,6-8,13-14,16H2,2-4H3,(H,25,26,31). The first-order chi connectivity index (χ1) is 17.0. The molecule has 0 saturated heterocycles. The van der Waals surface area contributed by atoms with Crippen LogP contribution in [0.25, 0.3) is 11.4 Å². The van der Waals surface area contributed by atoms with Crippen molar-refractivity contribution in [3.05, 3.63) is 48.0 Å². The number of esters is 1. The number of rotatable bonds is 13. The lowest BCUT2D eigenvalue weighted by Crippen LogP contribution is -2.21. The Morgan fingerprint density at radius 3 is 2.60 bits per heavy atom. The predicted molar refractivity (Wildman–Crippen MR) is 141 cm³/mol. The molecule has 9 nitrogen and oxygen atoms in total. The summed E-state index contributed by atoms with van der Waals surface area (Å²) in [7, 11) is 0. The number of thioether (sulfide) groups is 1. The Kier molecular flexibility index (Phi) is 9.86. The number of amides is 1. The highest BCUT2D eigenvalue weighted by Crippen LogP contribution is 2.26. The van der Waals surface area contributed by atoms with E-state index in [1.165, 1.54) is 23.1 Å². The van der Waals surface area contributed by atoms with Gasteiger partial charge in [0, 0.05) is 36.3 Å². The maximum atomic E-state index is 12.5. The quantitative estimate of drug-likeness (QED) is 0.205. The van der Waals surface area contributed by atoms with Gasteiger partial charge in [-0.15, -0.1) is 28.1 Å². The number of benzene rings is 1. The fraction of sp³-hybridized carbons (Fsp3) is 0.375. The van der Waals surface area contributed by atoms with E-state index in [2.05, 4.69) is 58.0 Å². The van der Waals surface area contributed by atoms with Crippen LogP contribution in [0.3, 0.4) is 0 Å². The normalized spacial score (nSPS) is 10.7. The van der Waals surface area contributed by atoms with Crippen molar-refractivity contribution in [2.45, 2.75) is 38.9 Å². The number of nitrogens with zero attached hydrogens (tertiary/aromatic N) is 5. The molecule has 2 heterocycles. The number of allylic oxidation sites excluding steroid dienone is 1. The van der Waals surface area contributed by atoms with E-state index in [9.17, 15) is 9.59 Å². The second-order valence-corrected chi connectivity index (χ2v) is 9.19. The van der Waals surface area contributed by atoms with E-state index in [0.29, 0.717) is 29.1 Å². The summed E-state index contributed by atoms with van der Waals surface area (Å²) in [5, 5.41) is 14.3. The summed E-state index contributed by atoms with van der Waals surface area (Å²) >= 11 is 2.56. The third-order valence-corrected chi connectivity index (χ3v) is 6.82. The van der Waals surface area contributed by atoms with Gasteiger partial charge in [-0.05, 0) is 45.0 Å². The van der Waals surface area contributed by atoms with Crippen LogP contribution in [0.4, 0.5) is 10.8 Å². The van der Waals surface area contributed by atoms with Gasteiger partial charge < -0.3 is 15.0 Å². The maximum Gasteiger partial charge on any atom is 0.311 e. The molecule has 0 aliphatic carbocycles. The summed E-state index contributed by atoms with van der Waals surface area (Å²) in [4.78, 5) is 30.6. The van der Waals surface area contributed by atoms with Gasteiger partial charge in [-0.3, -0.25) is 14.2 Å². The fourth-order valence-electron chi connectivity index (χ4n) is 3.40. The van der Waals surface area contributed by atoms with Gasteiger partial charge in [0.2, 0.25) is 5.91 Å². The Morgan fingerprint density at radius 1 is 1.20 bits per heavy atom. The van der Waals surface area contributed by atoms with Crippen molar-refractivity contribution >= 4 is 45.8 Å². The maximum absolute atomic E-state index is 12.5. The first-order valence-electron chi connectivity index (χ1n) is 11.4. The van der Waals surface area contributed by atoms with Crippen molar-refractivity contribution in [3.63, 3.8) is 0 Å². The molecule has 0 saturated carbocycles. The number of hydrogen-bond acceptors (Lipinski definition) is 9. The molecule has 35 heavy (non-hydrogen) atoms. The molecule has 0 aliphatic rings. The second-order valence-electron chi connectivity index (χ2n) is 7.39. The number of nitrogens with one attached hydrogen (secondary N) is 1. The molecule has 0 spiro atoms.